The summed E-state index contributed by atoms with van der Waals surface area (Å²) in [6.45, 7) is 2.98. The second-order valence-corrected chi connectivity index (χ2v) is 11.7. The molecule has 2 aromatic rings. The average Bonchev–Trinajstić information content (AvgIpc) is 3.76. The molecular weight excluding hydrogens is 540 g/mol. The third-order valence-electron chi connectivity index (χ3n) is 9.67. The second-order valence-electron chi connectivity index (χ2n) is 11.7. The number of benzene rings is 2. The van der Waals surface area contributed by atoms with Crippen LogP contribution in [0.1, 0.15) is 73.1 Å². The molecule has 4 aliphatic rings. The van der Waals surface area contributed by atoms with Crippen LogP contribution in [-0.2, 0) is 23.6 Å². The number of aliphatic carboxylic acids is 1. The number of aliphatic hydroxyl groups excluding tert-OH is 1. The van der Waals surface area contributed by atoms with E-state index in [0.717, 1.165) is 24.8 Å². The van der Waals surface area contributed by atoms with Crippen molar-refractivity contribution in [3.8, 4) is 5.75 Å². The van der Waals surface area contributed by atoms with Gasteiger partial charge in [-0.15, -0.1) is 0 Å². The first-order chi connectivity index (χ1) is 18.6. The largest absolute Gasteiger partial charge is 0.490 e. The lowest BCUT2D eigenvalue weighted by molar-refractivity contribution is -0.145. The lowest BCUT2D eigenvalue weighted by Crippen LogP contribution is -2.34. The molecule has 2 heterocycles. The maximum absolute atomic E-state index is 13.7. The first-order valence-electron chi connectivity index (χ1n) is 13.4. The van der Waals surface area contributed by atoms with Gasteiger partial charge >= 0.3 is 18.3 Å². The molecule has 0 amide bonds. The van der Waals surface area contributed by atoms with Crippen LogP contribution in [0.3, 0.4) is 0 Å². The molecular formula is C29H29F6NO4. The molecule has 216 valence electrons. The number of halogens is 6. The van der Waals surface area contributed by atoms with Crippen molar-refractivity contribution in [1.29, 1.82) is 0 Å². The van der Waals surface area contributed by atoms with E-state index in [9.17, 15) is 41.4 Å². The molecule has 11 heteroatoms. The third-order valence-corrected chi connectivity index (χ3v) is 9.67. The molecule has 0 radical (unpaired) electrons. The van der Waals surface area contributed by atoms with E-state index < -0.39 is 47.5 Å². The molecule has 5 nitrogen and oxygen atoms in total. The van der Waals surface area contributed by atoms with Crippen molar-refractivity contribution in [2.75, 3.05) is 0 Å². The number of fused-ring (bicyclic) bond motifs is 1. The molecule has 1 spiro atoms. The van der Waals surface area contributed by atoms with Crippen molar-refractivity contribution >= 4 is 5.97 Å². The number of likely N-dealkylation sites (tertiary alicyclic amines) is 1. The fourth-order valence-corrected chi connectivity index (χ4v) is 7.52. The van der Waals surface area contributed by atoms with Crippen LogP contribution in [0, 0.1) is 17.8 Å². The van der Waals surface area contributed by atoms with Crippen LogP contribution in [0.5, 0.6) is 5.75 Å². The Hall–Kier alpha value is -2.79. The molecule has 2 aliphatic carbocycles. The Kier molecular flexibility index (Phi) is 6.06. The molecule has 6 unspecified atom stereocenters. The number of hydrogen-bond donors (Lipinski definition) is 2. The number of carboxylic acid groups (broad SMARTS) is 1. The van der Waals surface area contributed by atoms with E-state index in [1.807, 2.05) is 11.0 Å². The van der Waals surface area contributed by atoms with E-state index in [2.05, 4.69) is 0 Å². The van der Waals surface area contributed by atoms with Gasteiger partial charge in [0, 0.05) is 23.5 Å². The number of ether oxygens (including phenoxy) is 1. The van der Waals surface area contributed by atoms with Gasteiger partial charge in [-0.2, -0.15) is 26.3 Å². The highest BCUT2D eigenvalue weighted by Gasteiger charge is 2.84. The highest BCUT2D eigenvalue weighted by Crippen LogP contribution is 2.77. The first kappa shape index (κ1) is 27.4. The Labute approximate surface area is 226 Å². The maximum Gasteiger partial charge on any atom is 0.416 e. The summed E-state index contributed by atoms with van der Waals surface area (Å²) < 4.78 is 87.6. The molecule has 1 saturated heterocycles. The normalized spacial score (nSPS) is 32.7. The molecule has 40 heavy (non-hydrogen) atoms. The maximum atomic E-state index is 13.7. The first-order valence-corrected chi connectivity index (χ1v) is 13.4. The Bertz CT molecular complexity index is 1360. The summed E-state index contributed by atoms with van der Waals surface area (Å²) in [6, 6.07) is 6.06. The van der Waals surface area contributed by atoms with Gasteiger partial charge in [-0.25, -0.2) is 0 Å². The minimum absolute atomic E-state index is 0.0114. The molecule has 2 aromatic carbocycles. The molecule has 3 fully saturated rings. The Morgan fingerprint density at radius 3 is 2.40 bits per heavy atom. The Balaban J connectivity index is 1.18. The summed E-state index contributed by atoms with van der Waals surface area (Å²) >= 11 is 0. The van der Waals surface area contributed by atoms with Crippen LogP contribution in [0.15, 0.2) is 36.4 Å². The molecule has 2 aliphatic heterocycles. The summed E-state index contributed by atoms with van der Waals surface area (Å²) in [5, 5.41) is 19.7. The molecule has 6 rings (SSSR count). The monoisotopic (exact) mass is 569 g/mol. The van der Waals surface area contributed by atoms with Gasteiger partial charge in [0.25, 0.3) is 0 Å². The fourth-order valence-electron chi connectivity index (χ4n) is 7.52. The predicted molar refractivity (Wildman–Crippen MR) is 130 cm³/mol. The fraction of sp³-hybridized carbons (Fsp3) is 0.552. The van der Waals surface area contributed by atoms with E-state index in [4.69, 9.17) is 4.74 Å². The Morgan fingerprint density at radius 1 is 1.07 bits per heavy atom. The van der Waals surface area contributed by atoms with Crippen LogP contribution < -0.4 is 4.74 Å². The van der Waals surface area contributed by atoms with Gasteiger partial charge in [0.15, 0.2) is 0 Å². The summed E-state index contributed by atoms with van der Waals surface area (Å²) in [6.07, 6.45) is -7.87. The number of carboxylic acids is 1. The van der Waals surface area contributed by atoms with Gasteiger partial charge in [-0.1, -0.05) is 12.1 Å². The highest BCUT2D eigenvalue weighted by atomic mass is 19.4. The molecule has 0 bridgehead atoms. The third kappa shape index (κ3) is 4.19. The number of piperidine rings is 1. The zero-order valence-corrected chi connectivity index (χ0v) is 21.8. The van der Waals surface area contributed by atoms with Crippen molar-refractivity contribution in [2.24, 2.45) is 17.8 Å². The molecule has 0 aromatic heterocycles. The van der Waals surface area contributed by atoms with E-state index in [1.165, 1.54) is 6.92 Å². The number of nitrogens with zero attached hydrogens (tertiary/aromatic N) is 1. The van der Waals surface area contributed by atoms with Crippen LogP contribution in [0.25, 0.3) is 0 Å². The van der Waals surface area contributed by atoms with Crippen molar-refractivity contribution in [3.63, 3.8) is 0 Å². The summed E-state index contributed by atoms with van der Waals surface area (Å²) in [4.78, 5) is 13.3. The molecule has 2 N–H and O–H groups in total. The second kappa shape index (κ2) is 8.85. The summed E-state index contributed by atoms with van der Waals surface area (Å²) in [7, 11) is 0. The minimum Gasteiger partial charge on any atom is -0.490 e. The van der Waals surface area contributed by atoms with E-state index in [1.54, 1.807) is 19.1 Å². The van der Waals surface area contributed by atoms with Gasteiger partial charge in [-0.05, 0) is 86.4 Å². The van der Waals surface area contributed by atoms with Crippen LogP contribution >= 0.6 is 0 Å². The van der Waals surface area contributed by atoms with Crippen LogP contribution in [0.4, 0.5) is 26.3 Å². The number of alkyl halides is 6. The minimum atomic E-state index is -4.76. The van der Waals surface area contributed by atoms with Gasteiger partial charge in [0.05, 0.1) is 23.1 Å². The van der Waals surface area contributed by atoms with E-state index >= 15 is 0 Å². The lowest BCUT2D eigenvalue weighted by atomic mass is 9.87. The van der Waals surface area contributed by atoms with E-state index in [-0.39, 0.29) is 35.1 Å². The number of rotatable bonds is 6. The molecule has 2 saturated carbocycles. The molecule has 9 atom stereocenters. The average molecular weight is 570 g/mol. The summed E-state index contributed by atoms with van der Waals surface area (Å²) in [5.41, 5.74) is -1.35. The zero-order chi connectivity index (χ0) is 28.9. The van der Waals surface area contributed by atoms with Crippen molar-refractivity contribution in [2.45, 2.75) is 81.7 Å². The zero-order valence-electron chi connectivity index (χ0n) is 21.8. The quantitative estimate of drug-likeness (QED) is 0.312. The predicted octanol–water partition coefficient (Wildman–Crippen LogP) is 6.40. The SMILES string of the molecule is C[C@H](C(=O)O)[C@@H](O)c1ccc2c(c1)OC(C1CC3N([C@H](C)c4cc(C(F)(F)F)ccc4C(F)(F)F)C34CC14)CC2. The van der Waals surface area contributed by atoms with Crippen molar-refractivity contribution < 1.29 is 46.1 Å². The van der Waals surface area contributed by atoms with E-state index in [0.29, 0.717) is 35.9 Å². The highest BCUT2D eigenvalue weighted by molar-refractivity contribution is 5.70. The van der Waals surface area contributed by atoms with Crippen LogP contribution in [0.2, 0.25) is 0 Å². The number of hydrogen-bond acceptors (Lipinski definition) is 4. The van der Waals surface area contributed by atoms with Crippen molar-refractivity contribution in [3.05, 3.63) is 64.2 Å². The van der Waals surface area contributed by atoms with Gasteiger partial charge in [0.2, 0.25) is 0 Å². The number of aryl methyl sites for hydroxylation is 1. The topological polar surface area (TPSA) is 69.8 Å². The standard InChI is InChI=1S/C29H29F6NO4/c1-13(26(38)39)25(37)16-4-3-15-5-8-22(40-23(15)9-16)19-11-24-27(12-21(19)27)36(24)14(2)18-10-17(28(30,31)32)6-7-20(18)29(33,34)35/h3-4,6-7,9-10,13-14,19,21-22,24-25,37H,5,8,11-12H2,1-2H3,(H,38,39)/t13-,14+,19?,21?,22?,24?,25+,27?,36?/m0/s1. The number of aliphatic hydroxyl groups is 1. The smallest absolute Gasteiger partial charge is 0.416 e. The summed E-state index contributed by atoms with van der Waals surface area (Å²) in [5.74, 6) is -1.15. The van der Waals surface area contributed by atoms with Gasteiger partial charge < -0.3 is 14.9 Å². The number of carbonyl (C=O) groups is 1. The lowest BCUT2D eigenvalue weighted by Gasteiger charge is -2.33. The van der Waals surface area contributed by atoms with Crippen LogP contribution in [-0.4, -0.2) is 38.8 Å². The Morgan fingerprint density at radius 2 is 1.80 bits per heavy atom. The van der Waals surface area contributed by atoms with Gasteiger partial charge in [0.1, 0.15) is 11.9 Å². The van der Waals surface area contributed by atoms with Gasteiger partial charge in [-0.3, -0.25) is 9.69 Å². The van der Waals surface area contributed by atoms with Crippen molar-refractivity contribution in [1.82, 2.24) is 4.90 Å².